The molecular formula is C19H28N4O. The molecule has 24 heavy (non-hydrogen) atoms. The SMILES string of the molecule is Cc1cc2nc(C)c(CCC(=O)N[C@H]3CCCC[C@@H]3C)c(C)n2n1. The molecule has 2 aromatic heterocycles. The van der Waals surface area contributed by atoms with E-state index in [1.54, 1.807) is 0 Å². The summed E-state index contributed by atoms with van der Waals surface area (Å²) >= 11 is 0. The minimum atomic E-state index is 0.157. The number of carbonyl (C=O) groups excluding carboxylic acids is 1. The van der Waals surface area contributed by atoms with Crippen molar-refractivity contribution in [3.63, 3.8) is 0 Å². The van der Waals surface area contributed by atoms with Gasteiger partial charge in [0.05, 0.1) is 5.69 Å². The molecular weight excluding hydrogens is 300 g/mol. The Bertz CT molecular complexity index is 749. The van der Waals surface area contributed by atoms with Crippen LogP contribution in [0.5, 0.6) is 0 Å². The molecule has 1 fully saturated rings. The summed E-state index contributed by atoms with van der Waals surface area (Å²) in [5.74, 6) is 0.750. The summed E-state index contributed by atoms with van der Waals surface area (Å²) in [6.07, 6.45) is 6.09. The van der Waals surface area contributed by atoms with Crippen molar-refractivity contribution in [2.75, 3.05) is 0 Å². The van der Waals surface area contributed by atoms with Gasteiger partial charge in [0.25, 0.3) is 0 Å². The summed E-state index contributed by atoms with van der Waals surface area (Å²) in [6, 6.07) is 2.34. The van der Waals surface area contributed by atoms with E-state index in [-0.39, 0.29) is 5.91 Å². The minimum Gasteiger partial charge on any atom is -0.353 e. The monoisotopic (exact) mass is 328 g/mol. The van der Waals surface area contributed by atoms with Gasteiger partial charge in [0.2, 0.25) is 5.91 Å². The largest absolute Gasteiger partial charge is 0.353 e. The highest BCUT2D eigenvalue weighted by atomic mass is 16.1. The van der Waals surface area contributed by atoms with Crippen molar-refractivity contribution in [3.8, 4) is 0 Å². The molecule has 1 aliphatic rings. The maximum atomic E-state index is 12.4. The summed E-state index contributed by atoms with van der Waals surface area (Å²) in [7, 11) is 0. The summed E-state index contributed by atoms with van der Waals surface area (Å²) in [6.45, 7) is 8.30. The molecule has 0 radical (unpaired) electrons. The van der Waals surface area contributed by atoms with Crippen molar-refractivity contribution >= 4 is 11.6 Å². The fourth-order valence-electron chi connectivity index (χ4n) is 3.85. The molecule has 0 spiro atoms. The molecule has 1 aliphatic carbocycles. The first-order valence-electron chi connectivity index (χ1n) is 9.07. The Hall–Kier alpha value is -1.91. The predicted molar refractivity (Wildman–Crippen MR) is 95.1 cm³/mol. The summed E-state index contributed by atoms with van der Waals surface area (Å²) in [5, 5.41) is 7.74. The quantitative estimate of drug-likeness (QED) is 0.937. The van der Waals surface area contributed by atoms with E-state index < -0.39 is 0 Å². The van der Waals surface area contributed by atoms with Crippen LogP contribution < -0.4 is 5.32 Å². The van der Waals surface area contributed by atoms with E-state index in [2.05, 4.69) is 29.2 Å². The lowest BCUT2D eigenvalue weighted by Gasteiger charge is -2.29. The van der Waals surface area contributed by atoms with E-state index in [0.29, 0.717) is 24.8 Å². The molecule has 1 N–H and O–H groups in total. The number of nitrogens with one attached hydrogen (secondary N) is 1. The first kappa shape index (κ1) is 16.9. The van der Waals surface area contributed by atoms with Crippen LogP contribution in [0.2, 0.25) is 0 Å². The third-order valence-electron chi connectivity index (χ3n) is 5.35. The lowest BCUT2D eigenvalue weighted by molar-refractivity contribution is -0.122. The number of amides is 1. The molecule has 2 heterocycles. The zero-order valence-corrected chi connectivity index (χ0v) is 15.2. The predicted octanol–water partition coefficient (Wildman–Crippen LogP) is 3.28. The highest BCUT2D eigenvalue weighted by Gasteiger charge is 2.23. The molecule has 1 amide bonds. The van der Waals surface area contributed by atoms with Crippen LogP contribution in [0.3, 0.4) is 0 Å². The standard InChI is InChI=1S/C19H28N4O/c1-12-7-5-6-8-17(12)21-19(24)10-9-16-14(3)20-18-11-13(2)22-23(18)15(16)4/h11-12,17H,5-10H2,1-4H3,(H,21,24)/t12-,17-/m0/s1. The Labute approximate surface area is 143 Å². The molecule has 0 aromatic carbocycles. The van der Waals surface area contributed by atoms with Crippen LogP contribution in [-0.2, 0) is 11.2 Å². The number of nitrogens with zero attached hydrogens (tertiary/aromatic N) is 3. The minimum absolute atomic E-state index is 0.157. The van der Waals surface area contributed by atoms with Crippen LogP contribution in [0.1, 0.15) is 61.7 Å². The Morgan fingerprint density at radius 1 is 1.29 bits per heavy atom. The zero-order chi connectivity index (χ0) is 17.3. The van der Waals surface area contributed by atoms with E-state index in [0.717, 1.165) is 34.7 Å². The molecule has 0 unspecified atom stereocenters. The highest BCUT2D eigenvalue weighted by Crippen LogP contribution is 2.24. The van der Waals surface area contributed by atoms with E-state index >= 15 is 0 Å². The van der Waals surface area contributed by atoms with E-state index in [1.165, 1.54) is 19.3 Å². The van der Waals surface area contributed by atoms with Gasteiger partial charge in [-0.2, -0.15) is 5.10 Å². The Balaban J connectivity index is 1.67. The summed E-state index contributed by atoms with van der Waals surface area (Å²) < 4.78 is 1.89. The Morgan fingerprint density at radius 3 is 2.79 bits per heavy atom. The summed E-state index contributed by atoms with van der Waals surface area (Å²) in [5.41, 5.74) is 5.07. The van der Waals surface area contributed by atoms with Crippen molar-refractivity contribution in [1.82, 2.24) is 19.9 Å². The van der Waals surface area contributed by atoms with Crippen LogP contribution in [0, 0.1) is 26.7 Å². The van der Waals surface area contributed by atoms with Crippen molar-refractivity contribution < 1.29 is 4.79 Å². The Kier molecular flexibility index (Phi) is 4.88. The van der Waals surface area contributed by atoms with Crippen LogP contribution in [-0.4, -0.2) is 26.5 Å². The number of rotatable bonds is 4. The van der Waals surface area contributed by atoms with Crippen LogP contribution >= 0.6 is 0 Å². The van der Waals surface area contributed by atoms with Gasteiger partial charge in [0.1, 0.15) is 0 Å². The maximum Gasteiger partial charge on any atom is 0.220 e. The van der Waals surface area contributed by atoms with E-state index in [9.17, 15) is 4.79 Å². The average Bonchev–Trinajstić information content (AvgIpc) is 2.90. The highest BCUT2D eigenvalue weighted by molar-refractivity contribution is 5.76. The smallest absolute Gasteiger partial charge is 0.220 e. The van der Waals surface area contributed by atoms with Crippen molar-refractivity contribution in [3.05, 3.63) is 28.7 Å². The molecule has 0 bridgehead atoms. The second-order valence-corrected chi connectivity index (χ2v) is 7.25. The lowest BCUT2D eigenvalue weighted by atomic mass is 9.86. The second kappa shape index (κ2) is 6.91. The first-order valence-corrected chi connectivity index (χ1v) is 9.07. The van der Waals surface area contributed by atoms with Gasteiger partial charge in [-0.1, -0.05) is 19.8 Å². The molecule has 2 aromatic rings. The first-order chi connectivity index (χ1) is 11.5. The number of hydrogen-bond acceptors (Lipinski definition) is 3. The van der Waals surface area contributed by atoms with E-state index in [4.69, 9.17) is 0 Å². The molecule has 5 nitrogen and oxygen atoms in total. The Morgan fingerprint density at radius 2 is 2.04 bits per heavy atom. The van der Waals surface area contributed by atoms with Gasteiger partial charge in [0.15, 0.2) is 5.65 Å². The number of hydrogen-bond donors (Lipinski definition) is 1. The summed E-state index contributed by atoms with van der Waals surface area (Å²) in [4.78, 5) is 17.0. The number of aryl methyl sites for hydroxylation is 3. The number of carbonyl (C=O) groups is 1. The third kappa shape index (κ3) is 3.45. The molecule has 3 rings (SSSR count). The van der Waals surface area contributed by atoms with Gasteiger partial charge < -0.3 is 5.32 Å². The molecule has 2 atom stereocenters. The lowest BCUT2D eigenvalue weighted by Crippen LogP contribution is -2.41. The zero-order valence-electron chi connectivity index (χ0n) is 15.2. The van der Waals surface area contributed by atoms with Gasteiger partial charge in [-0.25, -0.2) is 9.50 Å². The fourth-order valence-corrected chi connectivity index (χ4v) is 3.85. The van der Waals surface area contributed by atoms with Crippen LogP contribution in [0.4, 0.5) is 0 Å². The number of fused-ring (bicyclic) bond motifs is 1. The van der Waals surface area contributed by atoms with Crippen LogP contribution in [0.15, 0.2) is 6.07 Å². The van der Waals surface area contributed by atoms with E-state index in [1.807, 2.05) is 24.4 Å². The maximum absolute atomic E-state index is 12.4. The van der Waals surface area contributed by atoms with Gasteiger partial charge >= 0.3 is 0 Å². The topological polar surface area (TPSA) is 59.3 Å². The van der Waals surface area contributed by atoms with Crippen molar-refractivity contribution in [2.24, 2.45) is 5.92 Å². The molecule has 1 saturated carbocycles. The fraction of sp³-hybridized carbons (Fsp3) is 0.632. The number of aromatic nitrogens is 3. The van der Waals surface area contributed by atoms with Gasteiger partial charge in [-0.05, 0) is 51.5 Å². The van der Waals surface area contributed by atoms with Gasteiger partial charge in [-0.3, -0.25) is 4.79 Å². The average molecular weight is 328 g/mol. The normalized spacial score (nSPS) is 21.2. The van der Waals surface area contributed by atoms with Gasteiger partial charge in [-0.15, -0.1) is 0 Å². The molecule has 5 heteroatoms. The second-order valence-electron chi connectivity index (χ2n) is 7.25. The molecule has 0 aliphatic heterocycles. The third-order valence-corrected chi connectivity index (χ3v) is 5.35. The van der Waals surface area contributed by atoms with Crippen LogP contribution in [0.25, 0.3) is 5.65 Å². The molecule has 130 valence electrons. The van der Waals surface area contributed by atoms with Gasteiger partial charge in [0, 0.05) is 29.9 Å². The van der Waals surface area contributed by atoms with Crippen molar-refractivity contribution in [2.45, 2.75) is 72.3 Å². The van der Waals surface area contributed by atoms with Crippen molar-refractivity contribution in [1.29, 1.82) is 0 Å². The molecule has 0 saturated heterocycles.